The lowest BCUT2D eigenvalue weighted by molar-refractivity contribution is 0.374. The Morgan fingerprint density at radius 1 is 1.08 bits per heavy atom. The molecular formula is C18H20BrClN2O3S. The zero-order valence-corrected chi connectivity index (χ0v) is 17.7. The van der Waals surface area contributed by atoms with Crippen LogP contribution in [-0.4, -0.2) is 46.0 Å². The van der Waals surface area contributed by atoms with Gasteiger partial charge in [-0.15, -0.1) is 0 Å². The first-order valence-electron chi connectivity index (χ1n) is 8.17. The van der Waals surface area contributed by atoms with Gasteiger partial charge in [-0.1, -0.05) is 33.6 Å². The van der Waals surface area contributed by atoms with Gasteiger partial charge < -0.3 is 9.64 Å². The summed E-state index contributed by atoms with van der Waals surface area (Å²) in [6.45, 7) is 3.98. The highest BCUT2D eigenvalue weighted by Crippen LogP contribution is 2.31. The van der Waals surface area contributed by atoms with Crippen molar-refractivity contribution in [1.29, 1.82) is 0 Å². The fraction of sp³-hybridized carbons (Fsp3) is 0.333. The van der Waals surface area contributed by atoms with Gasteiger partial charge in [0.1, 0.15) is 10.6 Å². The van der Waals surface area contributed by atoms with Gasteiger partial charge in [-0.25, -0.2) is 8.42 Å². The molecule has 0 bridgehead atoms. The fourth-order valence-electron chi connectivity index (χ4n) is 2.96. The van der Waals surface area contributed by atoms with Gasteiger partial charge >= 0.3 is 0 Å². The zero-order valence-electron chi connectivity index (χ0n) is 14.6. The summed E-state index contributed by atoms with van der Waals surface area (Å²) in [4.78, 5) is 2.33. The van der Waals surface area contributed by atoms with Gasteiger partial charge in [-0.3, -0.25) is 0 Å². The number of hydrogen-bond acceptors (Lipinski definition) is 4. The third-order valence-electron chi connectivity index (χ3n) is 4.50. The summed E-state index contributed by atoms with van der Waals surface area (Å²) in [5, 5.41) is 0.719. The molecule has 140 valence electrons. The molecular weight excluding hydrogens is 440 g/mol. The normalized spacial score (nSPS) is 15.9. The number of halogens is 2. The Bertz CT molecular complexity index is 913. The maximum absolute atomic E-state index is 13.0. The van der Waals surface area contributed by atoms with Gasteiger partial charge in [0, 0.05) is 41.4 Å². The van der Waals surface area contributed by atoms with E-state index in [1.807, 2.05) is 25.1 Å². The van der Waals surface area contributed by atoms with Crippen LogP contribution in [0.4, 0.5) is 5.69 Å². The summed E-state index contributed by atoms with van der Waals surface area (Å²) >= 11 is 9.55. The average Bonchev–Trinajstić information content (AvgIpc) is 2.64. The van der Waals surface area contributed by atoms with Crippen molar-refractivity contribution in [3.8, 4) is 5.75 Å². The molecule has 1 aliphatic heterocycles. The van der Waals surface area contributed by atoms with Crippen molar-refractivity contribution in [2.45, 2.75) is 11.8 Å². The highest BCUT2D eigenvalue weighted by atomic mass is 79.9. The molecule has 0 radical (unpaired) electrons. The molecule has 26 heavy (non-hydrogen) atoms. The molecule has 2 aromatic rings. The molecule has 1 saturated heterocycles. The van der Waals surface area contributed by atoms with Gasteiger partial charge in [0.15, 0.2) is 0 Å². The van der Waals surface area contributed by atoms with Gasteiger partial charge in [0.25, 0.3) is 0 Å². The van der Waals surface area contributed by atoms with E-state index in [2.05, 4.69) is 20.8 Å². The van der Waals surface area contributed by atoms with Crippen molar-refractivity contribution < 1.29 is 13.2 Å². The van der Waals surface area contributed by atoms with Crippen LogP contribution in [0, 0.1) is 6.92 Å². The lowest BCUT2D eigenvalue weighted by Crippen LogP contribution is -2.48. The Hall–Kier alpha value is -1.28. The number of ether oxygens (including phenoxy) is 1. The predicted octanol–water partition coefficient (Wildman–Crippen LogP) is 3.93. The Morgan fingerprint density at radius 2 is 1.77 bits per heavy atom. The minimum absolute atomic E-state index is 0.182. The predicted molar refractivity (Wildman–Crippen MR) is 108 cm³/mol. The highest BCUT2D eigenvalue weighted by molar-refractivity contribution is 9.10. The van der Waals surface area contributed by atoms with Crippen LogP contribution in [0.25, 0.3) is 0 Å². The number of anilines is 1. The van der Waals surface area contributed by atoms with Gasteiger partial charge in [0.2, 0.25) is 10.0 Å². The quantitative estimate of drug-likeness (QED) is 0.695. The minimum Gasteiger partial charge on any atom is -0.495 e. The van der Waals surface area contributed by atoms with Crippen molar-refractivity contribution in [1.82, 2.24) is 4.31 Å². The van der Waals surface area contributed by atoms with Gasteiger partial charge in [0.05, 0.1) is 7.11 Å². The largest absolute Gasteiger partial charge is 0.495 e. The number of methoxy groups -OCH3 is 1. The van der Waals surface area contributed by atoms with Crippen LogP contribution < -0.4 is 9.64 Å². The molecule has 8 heteroatoms. The van der Waals surface area contributed by atoms with Gasteiger partial charge in [-0.2, -0.15) is 4.31 Å². The maximum Gasteiger partial charge on any atom is 0.246 e. The molecule has 5 nitrogen and oxygen atoms in total. The summed E-state index contributed by atoms with van der Waals surface area (Å²) in [5.74, 6) is 0.348. The molecule has 0 saturated carbocycles. The Kier molecular flexibility index (Phi) is 5.81. The molecule has 1 aliphatic rings. The summed E-state index contributed by atoms with van der Waals surface area (Å²) in [5.41, 5.74) is 2.04. The number of aryl methyl sites for hydroxylation is 1. The lowest BCUT2D eigenvalue weighted by atomic mass is 10.2. The molecule has 0 unspecified atom stereocenters. The van der Waals surface area contributed by atoms with E-state index in [1.165, 1.54) is 11.4 Å². The van der Waals surface area contributed by atoms with E-state index in [9.17, 15) is 8.42 Å². The molecule has 0 aromatic heterocycles. The Morgan fingerprint density at radius 3 is 2.38 bits per heavy atom. The number of sulfonamides is 1. The number of nitrogens with zero attached hydrogens (tertiary/aromatic N) is 2. The lowest BCUT2D eigenvalue weighted by Gasteiger charge is -2.35. The topological polar surface area (TPSA) is 49.9 Å². The molecule has 0 amide bonds. The second-order valence-electron chi connectivity index (χ2n) is 6.12. The van der Waals surface area contributed by atoms with Gasteiger partial charge in [-0.05, 0) is 42.8 Å². The van der Waals surface area contributed by atoms with Crippen LogP contribution in [0.2, 0.25) is 5.02 Å². The summed E-state index contributed by atoms with van der Waals surface area (Å²) in [6, 6.07) is 10.9. The fourth-order valence-corrected chi connectivity index (χ4v) is 5.25. The monoisotopic (exact) mass is 458 g/mol. The number of hydrogen-bond donors (Lipinski definition) is 0. The van der Waals surface area contributed by atoms with Crippen LogP contribution in [0.1, 0.15) is 5.56 Å². The van der Waals surface area contributed by atoms with E-state index in [-0.39, 0.29) is 4.90 Å². The highest BCUT2D eigenvalue weighted by Gasteiger charge is 2.31. The van der Waals surface area contributed by atoms with Crippen LogP contribution in [-0.2, 0) is 10.0 Å². The summed E-state index contributed by atoms with van der Waals surface area (Å²) < 4.78 is 33.5. The number of rotatable bonds is 4. The number of benzene rings is 2. The van der Waals surface area contributed by atoms with Crippen LogP contribution in [0.15, 0.2) is 45.8 Å². The van der Waals surface area contributed by atoms with Crippen LogP contribution >= 0.6 is 27.5 Å². The molecule has 1 fully saturated rings. The second-order valence-corrected chi connectivity index (χ2v) is 9.35. The standard InChI is InChI=1S/C18H20BrClN2O3S/c1-13-3-5-15(12-16(13)20)21-7-9-22(10-8-21)26(23,24)18-11-14(19)4-6-17(18)25-2/h3-6,11-12H,7-10H2,1-2H3. The minimum atomic E-state index is -3.62. The maximum atomic E-state index is 13.0. The molecule has 0 atom stereocenters. The molecule has 0 spiro atoms. The molecule has 2 aromatic carbocycles. The first-order valence-corrected chi connectivity index (χ1v) is 10.8. The smallest absolute Gasteiger partial charge is 0.246 e. The van der Waals surface area contributed by atoms with E-state index in [0.29, 0.717) is 36.4 Å². The molecule has 0 aliphatic carbocycles. The van der Waals surface area contributed by atoms with Crippen molar-refractivity contribution in [2.24, 2.45) is 0 Å². The third kappa shape index (κ3) is 3.86. The van der Waals surface area contributed by atoms with E-state index in [0.717, 1.165) is 16.3 Å². The van der Waals surface area contributed by atoms with Crippen molar-refractivity contribution in [3.63, 3.8) is 0 Å². The average molecular weight is 460 g/mol. The second kappa shape index (κ2) is 7.76. The molecule has 1 heterocycles. The van der Waals surface area contributed by atoms with E-state index >= 15 is 0 Å². The summed E-state index contributed by atoms with van der Waals surface area (Å²) in [6.07, 6.45) is 0. The molecule has 3 rings (SSSR count). The molecule has 0 N–H and O–H groups in total. The summed E-state index contributed by atoms with van der Waals surface area (Å²) in [7, 11) is -2.15. The SMILES string of the molecule is COc1ccc(Br)cc1S(=O)(=O)N1CCN(c2ccc(C)c(Cl)c2)CC1. The first-order chi connectivity index (χ1) is 12.3. The van der Waals surface area contributed by atoms with E-state index < -0.39 is 10.0 Å². The van der Waals surface area contributed by atoms with E-state index in [1.54, 1.807) is 18.2 Å². The number of piperazine rings is 1. The Labute approximate surface area is 167 Å². The first kappa shape index (κ1) is 19.5. The van der Waals surface area contributed by atoms with Crippen LogP contribution in [0.5, 0.6) is 5.75 Å². The van der Waals surface area contributed by atoms with Crippen molar-refractivity contribution >= 4 is 43.2 Å². The third-order valence-corrected chi connectivity index (χ3v) is 7.32. The van der Waals surface area contributed by atoms with E-state index in [4.69, 9.17) is 16.3 Å². The van der Waals surface area contributed by atoms with Crippen molar-refractivity contribution in [3.05, 3.63) is 51.5 Å². The van der Waals surface area contributed by atoms with Crippen LogP contribution in [0.3, 0.4) is 0 Å². The Balaban J connectivity index is 1.79. The zero-order chi connectivity index (χ0) is 18.9. The van der Waals surface area contributed by atoms with Crippen molar-refractivity contribution in [2.75, 3.05) is 38.2 Å².